The number of hydrogen-bond acceptors (Lipinski definition) is 4. The number of ether oxygens (including phenoxy) is 2. The van der Waals surface area contributed by atoms with E-state index in [1.807, 2.05) is 26.0 Å². The highest BCUT2D eigenvalue weighted by atomic mass is 16.5. The summed E-state index contributed by atoms with van der Waals surface area (Å²) < 4.78 is 8.60. The maximum absolute atomic E-state index is 10.4. The van der Waals surface area contributed by atoms with Crippen molar-refractivity contribution in [2.75, 3.05) is 14.2 Å². The normalized spacial score (nSPS) is 8.86. The molecule has 0 saturated heterocycles. The average molecular weight is 202 g/mol. The first-order valence-electron chi connectivity index (χ1n) is 4.33. The molecule has 0 aromatic carbocycles. The Kier molecular flexibility index (Phi) is 12.7. The second-order valence-electron chi connectivity index (χ2n) is 2.32. The van der Waals surface area contributed by atoms with Gasteiger partial charge >= 0.3 is 11.9 Å². The molecule has 0 amide bonds. The highest BCUT2D eigenvalue weighted by Crippen LogP contribution is 1.92. The lowest BCUT2D eigenvalue weighted by atomic mass is 10.3. The minimum atomic E-state index is -0.398. The molecule has 0 aliphatic carbocycles. The van der Waals surface area contributed by atoms with Gasteiger partial charge < -0.3 is 9.47 Å². The van der Waals surface area contributed by atoms with E-state index in [2.05, 4.69) is 9.47 Å². The van der Waals surface area contributed by atoms with Crippen molar-refractivity contribution in [2.24, 2.45) is 0 Å². The third kappa shape index (κ3) is 13.3. The van der Waals surface area contributed by atoms with E-state index in [0.717, 1.165) is 0 Å². The molecule has 0 radical (unpaired) electrons. The molecule has 0 aliphatic rings. The van der Waals surface area contributed by atoms with Crippen LogP contribution in [0, 0.1) is 0 Å². The van der Waals surface area contributed by atoms with Gasteiger partial charge in [-0.15, -0.1) is 0 Å². The number of rotatable bonds is 3. The van der Waals surface area contributed by atoms with E-state index in [4.69, 9.17) is 0 Å². The van der Waals surface area contributed by atoms with E-state index in [1.165, 1.54) is 14.2 Å². The molecule has 0 atom stereocenters. The Morgan fingerprint density at radius 2 is 1.21 bits per heavy atom. The van der Waals surface area contributed by atoms with Gasteiger partial charge in [-0.3, -0.25) is 9.59 Å². The van der Waals surface area contributed by atoms with Gasteiger partial charge in [0.15, 0.2) is 0 Å². The number of methoxy groups -OCH3 is 2. The van der Waals surface area contributed by atoms with E-state index < -0.39 is 11.9 Å². The third-order valence-corrected chi connectivity index (χ3v) is 1.32. The van der Waals surface area contributed by atoms with Gasteiger partial charge in [-0.25, -0.2) is 0 Å². The summed E-state index contributed by atoms with van der Waals surface area (Å²) in [5.41, 5.74) is 0. The maximum Gasteiger partial charge on any atom is 0.306 e. The van der Waals surface area contributed by atoms with E-state index in [1.54, 1.807) is 0 Å². The largest absolute Gasteiger partial charge is 0.469 e. The molecular formula is C10H18O4. The molecule has 0 aromatic heterocycles. The van der Waals surface area contributed by atoms with Crippen molar-refractivity contribution in [3.05, 3.63) is 12.2 Å². The zero-order valence-corrected chi connectivity index (χ0v) is 9.20. The number of esters is 2. The zero-order valence-electron chi connectivity index (χ0n) is 9.20. The van der Waals surface area contributed by atoms with Crippen molar-refractivity contribution in [2.45, 2.75) is 26.7 Å². The van der Waals surface area contributed by atoms with Crippen LogP contribution in [0.2, 0.25) is 0 Å². The first-order valence-corrected chi connectivity index (χ1v) is 4.33. The summed E-state index contributed by atoms with van der Waals surface area (Å²) in [5, 5.41) is 0. The molecule has 0 heterocycles. The number of allylic oxidation sites excluding steroid dienone is 2. The lowest BCUT2D eigenvalue weighted by molar-refractivity contribution is -0.147. The fraction of sp³-hybridized carbons (Fsp3) is 0.600. The van der Waals surface area contributed by atoms with Crippen molar-refractivity contribution in [1.82, 2.24) is 0 Å². The zero-order chi connectivity index (χ0) is 11.4. The van der Waals surface area contributed by atoms with E-state index in [9.17, 15) is 9.59 Å². The molecule has 0 aliphatic heterocycles. The van der Waals surface area contributed by atoms with E-state index in [-0.39, 0.29) is 12.8 Å². The Balaban J connectivity index is 0. The highest BCUT2D eigenvalue weighted by Gasteiger charge is 2.04. The van der Waals surface area contributed by atoms with Crippen LogP contribution in [0.1, 0.15) is 26.7 Å². The lowest BCUT2D eigenvalue weighted by Crippen LogP contribution is -2.06. The first kappa shape index (κ1) is 15.2. The predicted octanol–water partition coefficient (Wildman–Crippen LogP) is 1.70. The molecule has 0 unspecified atom stereocenters. The van der Waals surface area contributed by atoms with Crippen LogP contribution in [0.15, 0.2) is 12.2 Å². The van der Waals surface area contributed by atoms with Crippen LogP contribution in [0.5, 0.6) is 0 Å². The van der Waals surface area contributed by atoms with Crippen LogP contribution in [0.3, 0.4) is 0 Å². The molecule has 14 heavy (non-hydrogen) atoms. The van der Waals surface area contributed by atoms with Gasteiger partial charge in [-0.2, -0.15) is 0 Å². The molecule has 0 N–H and O–H groups in total. The summed E-state index contributed by atoms with van der Waals surface area (Å²) in [7, 11) is 2.55. The number of carbonyl (C=O) groups excluding carboxylic acids is 2. The molecule has 4 nitrogen and oxygen atoms in total. The van der Waals surface area contributed by atoms with Gasteiger partial charge in [0.1, 0.15) is 0 Å². The Morgan fingerprint density at radius 3 is 1.36 bits per heavy atom. The average Bonchev–Trinajstić information content (AvgIpc) is 2.25. The number of carbonyl (C=O) groups is 2. The predicted molar refractivity (Wildman–Crippen MR) is 53.8 cm³/mol. The summed E-state index contributed by atoms with van der Waals surface area (Å²) >= 11 is 0. The minimum Gasteiger partial charge on any atom is -0.469 e. The molecule has 0 rings (SSSR count). The van der Waals surface area contributed by atoms with Crippen molar-refractivity contribution < 1.29 is 19.1 Å². The summed E-state index contributed by atoms with van der Waals surface area (Å²) in [6.45, 7) is 4.00. The summed E-state index contributed by atoms with van der Waals surface area (Å²) in [4.78, 5) is 20.8. The van der Waals surface area contributed by atoms with Crippen molar-refractivity contribution in [3.63, 3.8) is 0 Å². The smallest absolute Gasteiger partial charge is 0.306 e. The summed E-state index contributed by atoms with van der Waals surface area (Å²) in [5.74, 6) is -0.796. The minimum absolute atomic E-state index is 0.0865. The van der Waals surface area contributed by atoms with Gasteiger partial charge in [0.05, 0.1) is 27.1 Å². The monoisotopic (exact) mass is 202 g/mol. The van der Waals surface area contributed by atoms with Gasteiger partial charge in [0.25, 0.3) is 0 Å². The fourth-order valence-electron chi connectivity index (χ4n) is 0.408. The van der Waals surface area contributed by atoms with Crippen molar-refractivity contribution in [3.8, 4) is 0 Å². The van der Waals surface area contributed by atoms with Crippen LogP contribution in [-0.2, 0) is 19.1 Å². The van der Waals surface area contributed by atoms with E-state index in [0.29, 0.717) is 0 Å². The van der Waals surface area contributed by atoms with Crippen LogP contribution in [-0.4, -0.2) is 26.2 Å². The summed E-state index contributed by atoms with van der Waals surface area (Å²) in [6.07, 6.45) is 4.17. The van der Waals surface area contributed by atoms with Gasteiger partial charge in [-0.1, -0.05) is 12.2 Å². The quantitative estimate of drug-likeness (QED) is 0.516. The van der Waals surface area contributed by atoms with Crippen molar-refractivity contribution >= 4 is 11.9 Å². The number of hydrogen-bond donors (Lipinski definition) is 0. The van der Waals surface area contributed by atoms with Gasteiger partial charge in [-0.05, 0) is 13.8 Å². The molecule has 82 valence electrons. The molecule has 0 fully saturated rings. The topological polar surface area (TPSA) is 52.6 Å². The summed E-state index contributed by atoms with van der Waals surface area (Å²) in [6, 6.07) is 0. The Morgan fingerprint density at radius 1 is 0.929 bits per heavy atom. The van der Waals surface area contributed by atoms with Gasteiger partial charge in [0.2, 0.25) is 0 Å². The second kappa shape index (κ2) is 11.7. The highest BCUT2D eigenvalue weighted by molar-refractivity contribution is 5.77. The lowest BCUT2D eigenvalue weighted by Gasteiger charge is -1.96. The van der Waals surface area contributed by atoms with Crippen LogP contribution in [0.25, 0.3) is 0 Å². The first-order chi connectivity index (χ1) is 6.62. The molecule has 0 spiro atoms. The Labute approximate surface area is 84.9 Å². The molecule has 4 heteroatoms. The van der Waals surface area contributed by atoms with Crippen molar-refractivity contribution in [1.29, 1.82) is 0 Å². The van der Waals surface area contributed by atoms with Crippen LogP contribution in [0.4, 0.5) is 0 Å². The second-order valence-corrected chi connectivity index (χ2v) is 2.32. The molecular weight excluding hydrogens is 184 g/mol. The SMILES string of the molecule is C/C=C\C.COC(=O)CCC(=O)OC. The maximum atomic E-state index is 10.4. The van der Waals surface area contributed by atoms with Crippen LogP contribution < -0.4 is 0 Å². The molecule has 0 bridgehead atoms. The third-order valence-electron chi connectivity index (χ3n) is 1.32. The Bertz CT molecular complexity index is 165. The Hall–Kier alpha value is -1.32. The van der Waals surface area contributed by atoms with Gasteiger partial charge in [0, 0.05) is 0 Å². The molecule has 0 saturated carbocycles. The standard InChI is InChI=1S/C6H10O4.C4H8/c1-9-5(7)3-4-6(8)10-2;1-3-4-2/h3-4H2,1-2H3;3-4H,1-2H3/b;4-3-. The molecule has 0 aromatic rings. The van der Waals surface area contributed by atoms with E-state index >= 15 is 0 Å². The fourth-order valence-corrected chi connectivity index (χ4v) is 0.408. The van der Waals surface area contributed by atoms with Crippen LogP contribution >= 0.6 is 0 Å².